The first kappa shape index (κ1) is 12.1. The molecule has 1 atom stereocenters. The highest BCUT2D eigenvalue weighted by atomic mass is 79.9. The van der Waals surface area contributed by atoms with Crippen LogP contribution in [0.3, 0.4) is 0 Å². The van der Waals surface area contributed by atoms with Gasteiger partial charge in [-0.1, -0.05) is 28.1 Å². The average Bonchev–Trinajstić information content (AvgIpc) is 2.33. The molecule has 1 unspecified atom stereocenters. The number of benzene rings is 1. The van der Waals surface area contributed by atoms with Crippen molar-refractivity contribution in [2.45, 2.75) is 19.4 Å². The topological polar surface area (TPSA) is 12.5 Å². The third-order valence-electron chi connectivity index (χ3n) is 3.11. The van der Waals surface area contributed by atoms with E-state index in [0.29, 0.717) is 6.04 Å². The quantitative estimate of drug-likeness (QED) is 0.846. The lowest BCUT2D eigenvalue weighted by Crippen LogP contribution is -2.43. The molecule has 0 saturated carbocycles. The van der Waals surface area contributed by atoms with E-state index >= 15 is 0 Å². The van der Waals surface area contributed by atoms with Crippen LogP contribution in [0.1, 0.15) is 12.5 Å². The van der Waals surface area contributed by atoms with E-state index in [9.17, 15) is 0 Å². The van der Waals surface area contributed by atoms with Crippen LogP contribution in [0.15, 0.2) is 28.7 Å². The summed E-state index contributed by atoms with van der Waals surface area (Å²) in [5.41, 5.74) is 1.40. The van der Waals surface area contributed by atoms with Crippen LogP contribution in [0.25, 0.3) is 0 Å². The van der Waals surface area contributed by atoms with Crippen LogP contribution in [-0.4, -0.2) is 37.2 Å². The molecule has 88 valence electrons. The zero-order chi connectivity index (χ0) is 11.4. The molecule has 0 spiro atoms. The molecule has 0 aromatic heterocycles. The van der Waals surface area contributed by atoms with E-state index in [-0.39, 0.29) is 0 Å². The predicted octanol–water partition coefficient (Wildman–Crippen LogP) is 2.71. The van der Waals surface area contributed by atoms with E-state index in [2.05, 4.69) is 52.0 Å². The van der Waals surface area contributed by atoms with Crippen molar-refractivity contribution in [3.8, 4) is 0 Å². The molecule has 0 aliphatic carbocycles. The summed E-state index contributed by atoms with van der Waals surface area (Å²) in [6.07, 6.45) is 1.12. The molecular weight excluding hydrogens is 266 g/mol. The smallest absolute Gasteiger partial charge is 0.0594 e. The molecule has 2 nitrogen and oxygen atoms in total. The van der Waals surface area contributed by atoms with Crippen molar-refractivity contribution in [1.82, 2.24) is 4.90 Å². The maximum absolute atomic E-state index is 5.37. The van der Waals surface area contributed by atoms with Gasteiger partial charge in [0.25, 0.3) is 0 Å². The summed E-state index contributed by atoms with van der Waals surface area (Å²) in [7, 11) is 0. The summed E-state index contributed by atoms with van der Waals surface area (Å²) >= 11 is 3.46. The Labute approximate surface area is 106 Å². The number of ether oxygens (including phenoxy) is 1. The summed E-state index contributed by atoms with van der Waals surface area (Å²) in [5.74, 6) is 0. The third kappa shape index (κ3) is 3.30. The van der Waals surface area contributed by atoms with Crippen molar-refractivity contribution < 1.29 is 4.74 Å². The van der Waals surface area contributed by atoms with Gasteiger partial charge in [-0.05, 0) is 31.0 Å². The number of halogens is 1. The fourth-order valence-electron chi connectivity index (χ4n) is 2.11. The second-order valence-electron chi connectivity index (χ2n) is 4.33. The molecule has 16 heavy (non-hydrogen) atoms. The molecule has 3 heteroatoms. The molecule has 1 saturated heterocycles. The van der Waals surface area contributed by atoms with Crippen LogP contribution in [-0.2, 0) is 11.2 Å². The molecule has 1 aliphatic heterocycles. The van der Waals surface area contributed by atoms with Gasteiger partial charge in [-0.3, -0.25) is 4.90 Å². The van der Waals surface area contributed by atoms with Crippen LogP contribution in [0.2, 0.25) is 0 Å². The molecule has 0 bridgehead atoms. The van der Waals surface area contributed by atoms with Crippen molar-refractivity contribution in [3.63, 3.8) is 0 Å². The SMILES string of the molecule is CC(Cc1ccc(Br)cc1)N1CCOCC1. The van der Waals surface area contributed by atoms with Crippen molar-refractivity contribution in [1.29, 1.82) is 0 Å². The first-order valence-corrected chi connectivity index (χ1v) is 6.61. The van der Waals surface area contributed by atoms with E-state index in [1.54, 1.807) is 0 Å². The molecule has 1 aromatic rings. The zero-order valence-electron chi connectivity index (χ0n) is 9.66. The lowest BCUT2D eigenvalue weighted by Gasteiger charge is -2.32. The Morgan fingerprint density at radius 3 is 2.50 bits per heavy atom. The summed E-state index contributed by atoms with van der Waals surface area (Å²) in [4.78, 5) is 2.51. The lowest BCUT2D eigenvalue weighted by atomic mass is 10.1. The van der Waals surface area contributed by atoms with Crippen LogP contribution < -0.4 is 0 Å². The Morgan fingerprint density at radius 2 is 1.88 bits per heavy atom. The second-order valence-corrected chi connectivity index (χ2v) is 5.24. The number of hydrogen-bond acceptors (Lipinski definition) is 2. The number of hydrogen-bond donors (Lipinski definition) is 0. The Morgan fingerprint density at radius 1 is 1.25 bits per heavy atom. The van der Waals surface area contributed by atoms with Gasteiger partial charge in [0, 0.05) is 23.6 Å². The summed E-state index contributed by atoms with van der Waals surface area (Å²) in [6, 6.07) is 9.22. The first-order valence-electron chi connectivity index (χ1n) is 5.82. The Bertz CT molecular complexity index is 319. The van der Waals surface area contributed by atoms with Gasteiger partial charge in [-0.25, -0.2) is 0 Å². The highest BCUT2D eigenvalue weighted by Crippen LogP contribution is 2.14. The first-order chi connectivity index (χ1) is 7.75. The largest absolute Gasteiger partial charge is 0.379 e. The van der Waals surface area contributed by atoms with E-state index in [1.807, 2.05) is 0 Å². The van der Waals surface area contributed by atoms with Crippen molar-refractivity contribution in [2.24, 2.45) is 0 Å². The van der Waals surface area contributed by atoms with E-state index < -0.39 is 0 Å². The fourth-order valence-corrected chi connectivity index (χ4v) is 2.37. The summed E-state index contributed by atoms with van der Waals surface area (Å²) < 4.78 is 6.52. The average molecular weight is 284 g/mol. The lowest BCUT2D eigenvalue weighted by molar-refractivity contribution is 0.0203. The summed E-state index contributed by atoms with van der Waals surface area (Å²) in [5, 5.41) is 0. The third-order valence-corrected chi connectivity index (χ3v) is 3.64. The van der Waals surface area contributed by atoms with Gasteiger partial charge in [-0.15, -0.1) is 0 Å². The number of rotatable bonds is 3. The van der Waals surface area contributed by atoms with Crippen molar-refractivity contribution in [3.05, 3.63) is 34.3 Å². The summed E-state index contributed by atoms with van der Waals surface area (Å²) in [6.45, 7) is 6.19. The second kappa shape index (κ2) is 5.80. The number of nitrogens with zero attached hydrogens (tertiary/aromatic N) is 1. The minimum Gasteiger partial charge on any atom is -0.379 e. The highest BCUT2D eigenvalue weighted by Gasteiger charge is 2.16. The van der Waals surface area contributed by atoms with Crippen LogP contribution in [0, 0.1) is 0 Å². The van der Waals surface area contributed by atoms with Gasteiger partial charge in [0.15, 0.2) is 0 Å². The Balaban J connectivity index is 1.90. The zero-order valence-corrected chi connectivity index (χ0v) is 11.2. The molecule has 0 amide bonds. The van der Waals surface area contributed by atoms with E-state index in [0.717, 1.165) is 37.2 Å². The van der Waals surface area contributed by atoms with Crippen LogP contribution in [0.5, 0.6) is 0 Å². The number of morpholine rings is 1. The van der Waals surface area contributed by atoms with Crippen LogP contribution >= 0.6 is 15.9 Å². The van der Waals surface area contributed by atoms with E-state index in [4.69, 9.17) is 4.74 Å². The molecule has 0 radical (unpaired) electrons. The highest BCUT2D eigenvalue weighted by molar-refractivity contribution is 9.10. The monoisotopic (exact) mass is 283 g/mol. The fraction of sp³-hybridized carbons (Fsp3) is 0.538. The molecule has 1 aliphatic rings. The molecule has 1 heterocycles. The molecular formula is C13H18BrNO. The predicted molar refractivity (Wildman–Crippen MR) is 69.7 cm³/mol. The van der Waals surface area contributed by atoms with Crippen molar-refractivity contribution in [2.75, 3.05) is 26.3 Å². The van der Waals surface area contributed by atoms with Gasteiger partial charge in [0.2, 0.25) is 0 Å². The van der Waals surface area contributed by atoms with Crippen molar-refractivity contribution >= 4 is 15.9 Å². The molecule has 2 rings (SSSR count). The molecule has 0 N–H and O–H groups in total. The molecule has 1 aromatic carbocycles. The normalized spacial score (nSPS) is 19.6. The standard InChI is InChI=1S/C13H18BrNO/c1-11(15-6-8-16-9-7-15)10-12-2-4-13(14)5-3-12/h2-5,11H,6-10H2,1H3. The minimum absolute atomic E-state index is 0.602. The van der Waals surface area contributed by atoms with Gasteiger partial charge in [-0.2, -0.15) is 0 Å². The Kier molecular flexibility index (Phi) is 4.38. The minimum atomic E-state index is 0.602. The van der Waals surface area contributed by atoms with E-state index in [1.165, 1.54) is 5.56 Å². The van der Waals surface area contributed by atoms with Gasteiger partial charge in [0.05, 0.1) is 13.2 Å². The van der Waals surface area contributed by atoms with Crippen LogP contribution in [0.4, 0.5) is 0 Å². The maximum atomic E-state index is 5.37. The van der Waals surface area contributed by atoms with Gasteiger partial charge >= 0.3 is 0 Å². The molecule has 1 fully saturated rings. The van der Waals surface area contributed by atoms with Gasteiger partial charge < -0.3 is 4.74 Å². The Hall–Kier alpha value is -0.380. The maximum Gasteiger partial charge on any atom is 0.0594 e. The van der Waals surface area contributed by atoms with Gasteiger partial charge in [0.1, 0.15) is 0 Å².